The number of hydrogen-bond donors (Lipinski definition) is 0. The molecule has 2 aromatic carbocycles. The van der Waals surface area contributed by atoms with Crippen LogP contribution in [0.25, 0.3) is 11.4 Å². The number of nitrogens with zero attached hydrogens (tertiary/aromatic N) is 4. The van der Waals surface area contributed by atoms with Crippen LogP contribution < -0.4 is 0 Å². The topological polar surface area (TPSA) is 43.6 Å². The van der Waals surface area contributed by atoms with E-state index in [1.165, 1.54) is 23.0 Å². The van der Waals surface area contributed by atoms with Crippen molar-refractivity contribution in [3.63, 3.8) is 0 Å². The first-order chi connectivity index (χ1) is 10.1. The number of tetrazole rings is 1. The molecular weight excluding hydrogens is 298 g/mol. The summed E-state index contributed by atoms with van der Waals surface area (Å²) in [5.41, 5.74) is 1.04. The van der Waals surface area contributed by atoms with Gasteiger partial charge in [0.25, 0.3) is 0 Å². The van der Waals surface area contributed by atoms with E-state index in [0.29, 0.717) is 22.0 Å². The second-order valence-corrected chi connectivity index (χ2v) is 4.82. The summed E-state index contributed by atoms with van der Waals surface area (Å²) in [4.78, 5) is 1.27. The Hall–Kier alpha value is -2.34. The lowest BCUT2D eigenvalue weighted by atomic mass is 10.2. The first kappa shape index (κ1) is 13.6. The molecule has 0 aliphatic heterocycles. The Balaban J connectivity index is 1.83. The summed E-state index contributed by atoms with van der Waals surface area (Å²) in [6.07, 6.45) is 0. The second-order valence-electron chi connectivity index (χ2n) is 4.39. The van der Waals surface area contributed by atoms with E-state index < -0.39 is 5.82 Å². The number of benzene rings is 2. The monoisotopic (exact) mass is 306 g/mol. The van der Waals surface area contributed by atoms with Crippen molar-refractivity contribution in [2.24, 2.45) is 0 Å². The third-order valence-electron chi connectivity index (χ3n) is 2.88. The molecule has 0 radical (unpaired) electrons. The van der Waals surface area contributed by atoms with Crippen LogP contribution in [0.2, 0.25) is 5.02 Å². The van der Waals surface area contributed by atoms with Crippen LogP contribution in [0.4, 0.5) is 8.78 Å². The molecule has 0 saturated carbocycles. The van der Waals surface area contributed by atoms with Gasteiger partial charge in [-0.25, -0.2) is 8.78 Å². The predicted octanol–water partition coefficient (Wildman–Crippen LogP) is 3.32. The van der Waals surface area contributed by atoms with Gasteiger partial charge in [-0.1, -0.05) is 17.7 Å². The summed E-state index contributed by atoms with van der Waals surface area (Å²) >= 11 is 5.70. The van der Waals surface area contributed by atoms with Crippen molar-refractivity contribution in [3.05, 3.63) is 64.7 Å². The minimum absolute atomic E-state index is 0.136. The van der Waals surface area contributed by atoms with Gasteiger partial charge >= 0.3 is 0 Å². The van der Waals surface area contributed by atoms with Crippen molar-refractivity contribution in [1.29, 1.82) is 0 Å². The van der Waals surface area contributed by atoms with Gasteiger partial charge in [-0.15, -0.1) is 10.2 Å². The van der Waals surface area contributed by atoms with E-state index in [-0.39, 0.29) is 12.4 Å². The molecule has 0 spiro atoms. The summed E-state index contributed by atoms with van der Waals surface area (Å²) < 4.78 is 26.6. The number of hydrogen-bond acceptors (Lipinski definition) is 3. The summed E-state index contributed by atoms with van der Waals surface area (Å²) in [6.45, 7) is 0.136. The quantitative estimate of drug-likeness (QED) is 0.745. The SMILES string of the molecule is Fc1ccc(-c2nnn(Cc3ccc(Cl)cc3F)n2)cc1. The van der Waals surface area contributed by atoms with Gasteiger partial charge in [-0.3, -0.25) is 0 Å². The molecule has 4 nitrogen and oxygen atoms in total. The van der Waals surface area contributed by atoms with E-state index in [2.05, 4.69) is 15.4 Å². The van der Waals surface area contributed by atoms with E-state index in [0.717, 1.165) is 0 Å². The third-order valence-corrected chi connectivity index (χ3v) is 3.12. The van der Waals surface area contributed by atoms with Crippen molar-refractivity contribution in [3.8, 4) is 11.4 Å². The molecule has 0 unspecified atom stereocenters. The molecule has 0 bridgehead atoms. The molecule has 0 aliphatic carbocycles. The maximum Gasteiger partial charge on any atom is 0.204 e. The van der Waals surface area contributed by atoms with E-state index in [9.17, 15) is 8.78 Å². The van der Waals surface area contributed by atoms with Gasteiger partial charge in [0.2, 0.25) is 5.82 Å². The third kappa shape index (κ3) is 3.05. The zero-order valence-electron chi connectivity index (χ0n) is 10.7. The Bertz CT molecular complexity index is 771. The molecule has 106 valence electrons. The fraction of sp³-hybridized carbons (Fsp3) is 0.0714. The summed E-state index contributed by atoms with van der Waals surface area (Å²) in [7, 11) is 0. The van der Waals surface area contributed by atoms with Crippen LogP contribution in [0, 0.1) is 11.6 Å². The van der Waals surface area contributed by atoms with Crippen LogP contribution in [0.15, 0.2) is 42.5 Å². The van der Waals surface area contributed by atoms with E-state index >= 15 is 0 Å². The number of aromatic nitrogens is 4. The maximum atomic E-state index is 13.7. The van der Waals surface area contributed by atoms with E-state index in [1.807, 2.05) is 0 Å². The maximum absolute atomic E-state index is 13.7. The van der Waals surface area contributed by atoms with Crippen LogP contribution in [-0.4, -0.2) is 20.2 Å². The zero-order chi connectivity index (χ0) is 14.8. The van der Waals surface area contributed by atoms with Gasteiger partial charge < -0.3 is 0 Å². The highest BCUT2D eigenvalue weighted by molar-refractivity contribution is 6.30. The van der Waals surface area contributed by atoms with Crippen molar-refractivity contribution >= 4 is 11.6 Å². The van der Waals surface area contributed by atoms with Gasteiger partial charge in [0.1, 0.15) is 11.6 Å². The molecule has 0 N–H and O–H groups in total. The summed E-state index contributed by atoms with van der Waals surface area (Å²) in [5, 5.41) is 12.2. The smallest absolute Gasteiger partial charge is 0.204 e. The van der Waals surface area contributed by atoms with Crippen molar-refractivity contribution in [1.82, 2.24) is 20.2 Å². The molecular formula is C14H9ClF2N4. The molecule has 7 heteroatoms. The molecule has 0 atom stereocenters. The molecule has 0 aliphatic rings. The minimum atomic E-state index is -0.428. The highest BCUT2D eigenvalue weighted by Crippen LogP contribution is 2.17. The molecule has 0 amide bonds. The standard InChI is InChI=1S/C14H9ClF2N4/c15-11-4-1-10(13(17)7-11)8-21-19-14(18-20-21)9-2-5-12(16)6-3-9/h1-7H,8H2. The number of halogens is 3. The van der Waals surface area contributed by atoms with Crippen molar-refractivity contribution in [2.45, 2.75) is 6.54 Å². The molecule has 3 aromatic rings. The lowest BCUT2D eigenvalue weighted by molar-refractivity contribution is 0.539. The minimum Gasteiger partial charge on any atom is -0.207 e. The lowest BCUT2D eigenvalue weighted by Crippen LogP contribution is -2.05. The average Bonchev–Trinajstić information content (AvgIpc) is 2.91. The van der Waals surface area contributed by atoms with Gasteiger partial charge in [0.15, 0.2) is 0 Å². The fourth-order valence-corrected chi connectivity index (χ4v) is 1.99. The average molecular weight is 307 g/mol. The second kappa shape index (κ2) is 5.57. The molecule has 3 rings (SSSR count). The normalized spacial score (nSPS) is 10.8. The van der Waals surface area contributed by atoms with Crippen LogP contribution >= 0.6 is 11.6 Å². The Labute approximate surface area is 124 Å². The van der Waals surface area contributed by atoms with Crippen molar-refractivity contribution in [2.75, 3.05) is 0 Å². The van der Waals surface area contributed by atoms with Crippen LogP contribution in [-0.2, 0) is 6.54 Å². The molecule has 1 heterocycles. The van der Waals surface area contributed by atoms with E-state index in [1.54, 1.807) is 24.3 Å². The lowest BCUT2D eigenvalue weighted by Gasteiger charge is -2.01. The van der Waals surface area contributed by atoms with Gasteiger partial charge in [0.05, 0.1) is 6.54 Å². The predicted molar refractivity (Wildman–Crippen MR) is 73.7 cm³/mol. The Kier molecular flexibility index (Phi) is 3.62. The molecule has 21 heavy (non-hydrogen) atoms. The zero-order valence-corrected chi connectivity index (χ0v) is 11.4. The highest BCUT2D eigenvalue weighted by Gasteiger charge is 2.09. The van der Waals surface area contributed by atoms with E-state index in [4.69, 9.17) is 11.6 Å². The highest BCUT2D eigenvalue weighted by atomic mass is 35.5. The molecule has 0 saturated heterocycles. The Morgan fingerprint density at radius 3 is 2.52 bits per heavy atom. The van der Waals surface area contributed by atoms with Crippen molar-refractivity contribution < 1.29 is 8.78 Å². The summed E-state index contributed by atoms with van der Waals surface area (Å²) in [6, 6.07) is 10.1. The van der Waals surface area contributed by atoms with Crippen LogP contribution in [0.1, 0.15) is 5.56 Å². The van der Waals surface area contributed by atoms with Crippen LogP contribution in [0.5, 0.6) is 0 Å². The number of rotatable bonds is 3. The molecule has 1 aromatic heterocycles. The summed E-state index contributed by atoms with van der Waals surface area (Å²) in [5.74, 6) is -0.415. The first-order valence-corrected chi connectivity index (χ1v) is 6.47. The van der Waals surface area contributed by atoms with Gasteiger partial charge in [0, 0.05) is 16.1 Å². The molecule has 0 fully saturated rings. The van der Waals surface area contributed by atoms with Gasteiger partial charge in [-0.05, 0) is 41.6 Å². The van der Waals surface area contributed by atoms with Gasteiger partial charge in [-0.2, -0.15) is 4.80 Å². The Morgan fingerprint density at radius 1 is 1.05 bits per heavy atom. The first-order valence-electron chi connectivity index (χ1n) is 6.09. The Morgan fingerprint density at radius 2 is 1.81 bits per heavy atom. The fourth-order valence-electron chi connectivity index (χ4n) is 1.83. The largest absolute Gasteiger partial charge is 0.207 e. The van der Waals surface area contributed by atoms with Crippen LogP contribution in [0.3, 0.4) is 0 Å².